The highest BCUT2D eigenvalue weighted by molar-refractivity contribution is 5.91. The Kier molecular flexibility index (Phi) is 23.9. The first-order valence-electron chi connectivity index (χ1n) is 25.2. The summed E-state index contributed by atoms with van der Waals surface area (Å²) in [5.41, 5.74) is 2.88. The van der Waals surface area contributed by atoms with E-state index < -0.39 is 0 Å². The Morgan fingerprint density at radius 1 is 0.600 bits per heavy atom. The molecule has 1 aliphatic heterocycles. The molecule has 2 fully saturated rings. The predicted molar refractivity (Wildman–Crippen MR) is 259 cm³/mol. The average molecular weight is 897 g/mol. The van der Waals surface area contributed by atoms with Crippen LogP contribution in [0.2, 0.25) is 0 Å². The maximum atomic E-state index is 12.2. The van der Waals surface area contributed by atoms with E-state index in [2.05, 4.69) is 39.0 Å². The standard InChI is InChI=1S/C33H52O4.C23H28O5/c1-3-4-5-6-9-12-33(34)37-32-23-17-29(18-24-32)28-15-21-31(22-16-28)36-26-11-8-7-10-25-35-30-19-13-27(2)14-20-30;1-17-6-10-21(11-7-17)28-23(24)19-8-12-20(13-9-19)25-14-4-3-5-22-26-15-18(2)16-27-22/h13-14,19-21,28-29,32H,3-12,15-18,22-26H2,1-2H3;6-13,18,22H,3-5,14-16H2,1-2H3. The molecular formula is C56H80O9. The molecule has 0 spiro atoms. The fourth-order valence-corrected chi connectivity index (χ4v) is 8.64. The summed E-state index contributed by atoms with van der Waals surface area (Å²) in [6.45, 7) is 12.2. The van der Waals surface area contributed by atoms with Gasteiger partial charge in [-0.3, -0.25) is 4.79 Å². The molecule has 0 N–H and O–H groups in total. The van der Waals surface area contributed by atoms with Gasteiger partial charge in [-0.25, -0.2) is 4.79 Å². The van der Waals surface area contributed by atoms with Crippen molar-refractivity contribution < 1.29 is 42.7 Å². The number of hydrogen-bond donors (Lipinski definition) is 0. The van der Waals surface area contributed by atoms with Crippen molar-refractivity contribution in [1.82, 2.24) is 0 Å². The van der Waals surface area contributed by atoms with E-state index in [1.807, 2.05) is 31.2 Å². The van der Waals surface area contributed by atoms with Crippen LogP contribution < -0.4 is 14.2 Å². The van der Waals surface area contributed by atoms with Gasteiger partial charge < -0.3 is 33.2 Å². The monoisotopic (exact) mass is 897 g/mol. The van der Waals surface area contributed by atoms with Crippen molar-refractivity contribution in [2.45, 2.75) is 169 Å². The quantitative estimate of drug-likeness (QED) is 0.0468. The Morgan fingerprint density at radius 3 is 1.75 bits per heavy atom. The molecule has 2 aliphatic carbocycles. The van der Waals surface area contributed by atoms with Crippen LogP contribution in [0, 0.1) is 31.6 Å². The normalized spacial score (nSPS) is 20.7. The summed E-state index contributed by atoms with van der Waals surface area (Å²) in [7, 11) is 0. The van der Waals surface area contributed by atoms with E-state index in [-0.39, 0.29) is 24.3 Å². The van der Waals surface area contributed by atoms with Crippen molar-refractivity contribution >= 4 is 11.9 Å². The van der Waals surface area contributed by atoms with Crippen molar-refractivity contribution in [3.8, 4) is 17.2 Å². The second kappa shape index (κ2) is 30.0. The fourth-order valence-electron chi connectivity index (χ4n) is 8.64. The summed E-state index contributed by atoms with van der Waals surface area (Å²) in [5, 5.41) is 0. The first kappa shape index (κ1) is 51.6. The molecule has 0 bridgehead atoms. The lowest BCUT2D eigenvalue weighted by molar-refractivity contribution is -0.200. The average Bonchev–Trinajstić information content (AvgIpc) is 3.32. The summed E-state index contributed by atoms with van der Waals surface area (Å²) >= 11 is 0. The van der Waals surface area contributed by atoms with Gasteiger partial charge in [0.2, 0.25) is 0 Å². The first-order valence-corrected chi connectivity index (χ1v) is 25.2. The summed E-state index contributed by atoms with van der Waals surface area (Å²) in [6.07, 6.45) is 24.3. The molecule has 1 saturated heterocycles. The van der Waals surface area contributed by atoms with Gasteiger partial charge in [0.15, 0.2) is 6.29 Å². The molecule has 1 unspecified atom stereocenters. The maximum Gasteiger partial charge on any atom is 0.343 e. The zero-order chi connectivity index (χ0) is 45.9. The molecule has 1 saturated carbocycles. The SMILES string of the molecule is CCCCCCCC(=O)OC1CCC(C2CC=C(OCCCCCCOc3ccc(C)cc3)CC2)CC1.Cc1ccc(OC(=O)c2ccc(OCCCCC3OCC(C)CO3)cc2)cc1. The Hall–Kier alpha value is -4.34. The number of unbranched alkanes of at least 4 members (excludes halogenated alkanes) is 8. The number of carbonyl (C=O) groups is 2. The molecule has 0 aromatic heterocycles. The molecule has 0 amide bonds. The highest BCUT2D eigenvalue weighted by Gasteiger charge is 2.30. The number of allylic oxidation sites excluding steroid dienone is 2. The van der Waals surface area contributed by atoms with Crippen LogP contribution in [0.1, 0.15) is 164 Å². The lowest BCUT2D eigenvalue weighted by atomic mass is 9.74. The van der Waals surface area contributed by atoms with Crippen LogP contribution in [0.15, 0.2) is 84.6 Å². The number of ether oxygens (including phenoxy) is 7. The van der Waals surface area contributed by atoms with Crippen LogP contribution in [-0.4, -0.2) is 57.4 Å². The topological polar surface area (TPSA) is 98.8 Å². The molecule has 9 heteroatoms. The second-order valence-electron chi connectivity index (χ2n) is 18.6. The minimum atomic E-state index is -0.378. The van der Waals surface area contributed by atoms with Crippen LogP contribution in [-0.2, 0) is 23.7 Å². The van der Waals surface area contributed by atoms with Crippen molar-refractivity contribution in [2.75, 3.05) is 33.0 Å². The third kappa shape index (κ3) is 20.8. The number of benzene rings is 3. The van der Waals surface area contributed by atoms with Gasteiger partial charge in [-0.05, 0) is 170 Å². The van der Waals surface area contributed by atoms with E-state index in [1.165, 1.54) is 62.7 Å². The van der Waals surface area contributed by atoms with Crippen molar-refractivity contribution in [1.29, 1.82) is 0 Å². The van der Waals surface area contributed by atoms with Crippen LogP contribution in [0.25, 0.3) is 0 Å². The van der Waals surface area contributed by atoms with Gasteiger partial charge in [-0.1, -0.05) is 74.9 Å². The van der Waals surface area contributed by atoms with Crippen LogP contribution >= 0.6 is 0 Å². The minimum absolute atomic E-state index is 0.0259. The minimum Gasteiger partial charge on any atom is -0.498 e. The molecule has 1 atom stereocenters. The summed E-state index contributed by atoms with van der Waals surface area (Å²) in [5.74, 6) is 5.14. The van der Waals surface area contributed by atoms with Gasteiger partial charge >= 0.3 is 11.9 Å². The molecule has 1 heterocycles. The molecule has 3 aliphatic rings. The smallest absolute Gasteiger partial charge is 0.343 e. The molecule has 0 radical (unpaired) electrons. The molecule has 9 nitrogen and oxygen atoms in total. The maximum absolute atomic E-state index is 12.2. The number of carbonyl (C=O) groups excluding carboxylic acids is 2. The Bertz CT molecular complexity index is 1770. The van der Waals surface area contributed by atoms with Crippen LogP contribution in [0.5, 0.6) is 17.2 Å². The van der Waals surface area contributed by atoms with Gasteiger partial charge in [-0.15, -0.1) is 0 Å². The predicted octanol–water partition coefficient (Wildman–Crippen LogP) is 13.9. The molecule has 3 aromatic rings. The van der Waals surface area contributed by atoms with E-state index in [0.29, 0.717) is 30.3 Å². The summed E-state index contributed by atoms with van der Waals surface area (Å²) < 4.78 is 40.1. The molecule has 65 heavy (non-hydrogen) atoms. The van der Waals surface area contributed by atoms with E-state index in [0.717, 1.165) is 126 Å². The lowest BCUT2D eigenvalue weighted by Crippen LogP contribution is -2.30. The van der Waals surface area contributed by atoms with Crippen LogP contribution in [0.4, 0.5) is 0 Å². The summed E-state index contributed by atoms with van der Waals surface area (Å²) in [6, 6.07) is 22.7. The van der Waals surface area contributed by atoms with Crippen molar-refractivity contribution in [3.63, 3.8) is 0 Å². The van der Waals surface area contributed by atoms with Gasteiger partial charge in [0.1, 0.15) is 23.4 Å². The molecule has 358 valence electrons. The highest BCUT2D eigenvalue weighted by Crippen LogP contribution is 2.39. The number of esters is 2. The fraction of sp³-hybridized carbons (Fsp3) is 0.607. The number of rotatable bonds is 25. The van der Waals surface area contributed by atoms with E-state index >= 15 is 0 Å². The van der Waals surface area contributed by atoms with Crippen molar-refractivity contribution in [2.24, 2.45) is 17.8 Å². The van der Waals surface area contributed by atoms with E-state index in [4.69, 9.17) is 33.2 Å². The Balaban J connectivity index is 0.000000253. The molecule has 6 rings (SSSR count). The molecular weight excluding hydrogens is 817 g/mol. The molecule has 3 aromatic carbocycles. The first-order chi connectivity index (χ1) is 31.7. The van der Waals surface area contributed by atoms with Gasteiger partial charge in [0, 0.05) is 18.8 Å². The highest BCUT2D eigenvalue weighted by atomic mass is 16.7. The van der Waals surface area contributed by atoms with Gasteiger partial charge in [0.05, 0.1) is 44.4 Å². The summed E-state index contributed by atoms with van der Waals surface area (Å²) in [4.78, 5) is 24.3. The van der Waals surface area contributed by atoms with Gasteiger partial charge in [0.25, 0.3) is 0 Å². The number of hydrogen-bond acceptors (Lipinski definition) is 9. The van der Waals surface area contributed by atoms with Gasteiger partial charge in [-0.2, -0.15) is 0 Å². The number of aryl methyl sites for hydroxylation is 2. The van der Waals surface area contributed by atoms with E-state index in [9.17, 15) is 9.59 Å². The lowest BCUT2D eigenvalue weighted by Gasteiger charge is -2.35. The Morgan fingerprint density at radius 2 is 1.15 bits per heavy atom. The zero-order valence-electron chi connectivity index (χ0n) is 40.2. The Labute approximate surface area is 391 Å². The van der Waals surface area contributed by atoms with Crippen LogP contribution in [0.3, 0.4) is 0 Å². The third-order valence-electron chi connectivity index (χ3n) is 12.8. The van der Waals surface area contributed by atoms with Crippen molar-refractivity contribution in [3.05, 3.63) is 101 Å². The zero-order valence-corrected chi connectivity index (χ0v) is 40.2. The second-order valence-corrected chi connectivity index (χ2v) is 18.6. The largest absolute Gasteiger partial charge is 0.498 e. The van der Waals surface area contributed by atoms with E-state index in [1.54, 1.807) is 36.4 Å². The third-order valence-corrected chi connectivity index (χ3v) is 12.8.